The zero-order valence-corrected chi connectivity index (χ0v) is 10.0. The number of halogens is 1. The molecule has 0 aromatic heterocycles. The molecular formula is C9H9IO2S. The second-order valence-electron chi connectivity index (χ2n) is 2.77. The first-order valence-corrected chi connectivity index (χ1v) is 5.26. The molecule has 0 saturated heterocycles. The molecule has 0 aliphatic carbocycles. The maximum atomic E-state index is 10.7. The van der Waals surface area contributed by atoms with Gasteiger partial charge < -0.3 is 5.11 Å². The Labute approximate surface area is 95.9 Å². The zero-order valence-electron chi connectivity index (χ0n) is 6.99. The first-order chi connectivity index (χ1) is 6.02. The zero-order chi connectivity index (χ0) is 10.0. The maximum absolute atomic E-state index is 10.7. The molecular weight excluding hydrogens is 299 g/mol. The van der Waals surface area contributed by atoms with E-state index in [0.29, 0.717) is 0 Å². The van der Waals surface area contributed by atoms with Crippen molar-refractivity contribution in [2.24, 2.45) is 0 Å². The van der Waals surface area contributed by atoms with E-state index >= 15 is 0 Å². The Kier molecular flexibility index (Phi) is 3.61. The maximum Gasteiger partial charge on any atom is 0.310 e. The van der Waals surface area contributed by atoms with Crippen LogP contribution in [-0.2, 0) is 4.79 Å². The van der Waals surface area contributed by atoms with Crippen molar-refractivity contribution in [3.63, 3.8) is 0 Å². The van der Waals surface area contributed by atoms with Gasteiger partial charge in [-0.15, -0.1) is 12.6 Å². The predicted molar refractivity (Wildman–Crippen MR) is 62.5 cm³/mol. The highest BCUT2D eigenvalue weighted by Gasteiger charge is 2.13. The molecule has 0 aliphatic heterocycles. The van der Waals surface area contributed by atoms with E-state index in [4.69, 9.17) is 5.11 Å². The van der Waals surface area contributed by atoms with Crippen LogP contribution in [0.4, 0.5) is 0 Å². The first-order valence-electron chi connectivity index (χ1n) is 3.73. The molecule has 0 spiro atoms. The summed E-state index contributed by atoms with van der Waals surface area (Å²) in [6.07, 6.45) is 0. The van der Waals surface area contributed by atoms with E-state index in [1.807, 2.05) is 12.1 Å². The monoisotopic (exact) mass is 308 g/mol. The molecule has 2 nitrogen and oxygen atoms in total. The number of carboxylic acid groups (broad SMARTS) is 1. The van der Waals surface area contributed by atoms with Gasteiger partial charge in [0.1, 0.15) is 0 Å². The van der Waals surface area contributed by atoms with Crippen molar-refractivity contribution in [1.29, 1.82) is 0 Å². The lowest BCUT2D eigenvalue weighted by Crippen LogP contribution is -2.07. The van der Waals surface area contributed by atoms with Gasteiger partial charge >= 0.3 is 5.97 Å². The van der Waals surface area contributed by atoms with Gasteiger partial charge in [0.25, 0.3) is 0 Å². The lowest BCUT2D eigenvalue weighted by Gasteiger charge is -2.07. The number of benzene rings is 1. The van der Waals surface area contributed by atoms with Crippen LogP contribution in [0.15, 0.2) is 23.1 Å². The third kappa shape index (κ3) is 2.60. The van der Waals surface area contributed by atoms with Crippen LogP contribution in [0.5, 0.6) is 0 Å². The van der Waals surface area contributed by atoms with Crippen LogP contribution in [0.3, 0.4) is 0 Å². The average molecular weight is 308 g/mol. The van der Waals surface area contributed by atoms with Gasteiger partial charge in [0.15, 0.2) is 0 Å². The van der Waals surface area contributed by atoms with Crippen LogP contribution in [0.2, 0.25) is 0 Å². The van der Waals surface area contributed by atoms with E-state index < -0.39 is 11.9 Å². The summed E-state index contributed by atoms with van der Waals surface area (Å²) >= 11 is 6.39. The number of aliphatic carboxylic acids is 1. The van der Waals surface area contributed by atoms with Crippen LogP contribution in [-0.4, -0.2) is 11.1 Å². The molecule has 0 aliphatic rings. The van der Waals surface area contributed by atoms with E-state index in [9.17, 15) is 4.79 Å². The van der Waals surface area contributed by atoms with Gasteiger partial charge in [-0.2, -0.15) is 0 Å². The van der Waals surface area contributed by atoms with Crippen molar-refractivity contribution >= 4 is 41.2 Å². The molecule has 4 heteroatoms. The molecule has 1 rings (SSSR count). The summed E-state index contributed by atoms with van der Waals surface area (Å²) in [5.74, 6) is -1.28. The Morgan fingerprint density at radius 1 is 1.62 bits per heavy atom. The van der Waals surface area contributed by atoms with Gasteiger partial charge in [-0.1, -0.05) is 6.07 Å². The molecule has 1 aromatic rings. The Balaban J connectivity index is 3.03. The third-order valence-corrected chi connectivity index (χ3v) is 3.58. The van der Waals surface area contributed by atoms with Crippen molar-refractivity contribution in [3.05, 3.63) is 27.3 Å². The molecule has 0 fully saturated rings. The summed E-state index contributed by atoms with van der Waals surface area (Å²) in [5, 5.41) is 8.77. The molecule has 0 saturated carbocycles. The smallest absolute Gasteiger partial charge is 0.310 e. The predicted octanol–water partition coefficient (Wildman–Crippen LogP) is 2.77. The van der Waals surface area contributed by atoms with Crippen molar-refractivity contribution in [1.82, 2.24) is 0 Å². The minimum Gasteiger partial charge on any atom is -0.481 e. The highest BCUT2D eigenvalue weighted by atomic mass is 127. The third-order valence-electron chi connectivity index (χ3n) is 1.84. The van der Waals surface area contributed by atoms with E-state index in [-0.39, 0.29) is 0 Å². The van der Waals surface area contributed by atoms with Crippen molar-refractivity contribution in [3.8, 4) is 0 Å². The Morgan fingerprint density at radius 2 is 2.23 bits per heavy atom. The fourth-order valence-electron chi connectivity index (χ4n) is 0.942. The SMILES string of the molecule is CC(C(=O)O)c1ccc(I)c(S)c1. The molecule has 0 heterocycles. The number of hydrogen-bond donors (Lipinski definition) is 2. The highest BCUT2D eigenvalue weighted by molar-refractivity contribution is 14.1. The molecule has 0 amide bonds. The van der Waals surface area contributed by atoms with Gasteiger partial charge in [0, 0.05) is 8.47 Å². The summed E-state index contributed by atoms with van der Waals surface area (Å²) in [5.41, 5.74) is 0.790. The Hall–Kier alpha value is -0.230. The normalized spacial score (nSPS) is 12.5. The summed E-state index contributed by atoms with van der Waals surface area (Å²) in [4.78, 5) is 11.5. The summed E-state index contributed by atoms with van der Waals surface area (Å²) < 4.78 is 1.03. The van der Waals surface area contributed by atoms with Crippen LogP contribution in [0, 0.1) is 3.57 Å². The minimum atomic E-state index is -0.811. The second-order valence-corrected chi connectivity index (χ2v) is 4.41. The molecule has 13 heavy (non-hydrogen) atoms. The highest BCUT2D eigenvalue weighted by Crippen LogP contribution is 2.22. The molecule has 1 unspecified atom stereocenters. The summed E-state index contributed by atoms with van der Waals surface area (Å²) in [7, 11) is 0. The van der Waals surface area contributed by atoms with Crippen LogP contribution < -0.4 is 0 Å². The topological polar surface area (TPSA) is 37.3 Å². The molecule has 0 radical (unpaired) electrons. The molecule has 1 N–H and O–H groups in total. The van der Waals surface area contributed by atoms with Crippen molar-refractivity contribution < 1.29 is 9.90 Å². The van der Waals surface area contributed by atoms with Gasteiger partial charge in [-0.05, 0) is 47.2 Å². The lowest BCUT2D eigenvalue weighted by atomic mass is 10.0. The Bertz CT molecular complexity index is 338. The lowest BCUT2D eigenvalue weighted by molar-refractivity contribution is -0.138. The van der Waals surface area contributed by atoms with Gasteiger partial charge in [0.2, 0.25) is 0 Å². The fourth-order valence-corrected chi connectivity index (χ4v) is 1.50. The van der Waals surface area contributed by atoms with E-state index in [1.165, 1.54) is 0 Å². The fraction of sp³-hybridized carbons (Fsp3) is 0.222. The number of thiol groups is 1. The van der Waals surface area contributed by atoms with E-state index in [1.54, 1.807) is 13.0 Å². The van der Waals surface area contributed by atoms with E-state index in [0.717, 1.165) is 14.0 Å². The standard InChI is InChI=1S/C9H9IO2S/c1-5(9(11)12)6-2-3-7(10)8(13)4-6/h2-5,13H,1H3,(H,11,12). The second kappa shape index (κ2) is 4.32. The average Bonchev–Trinajstić information content (AvgIpc) is 2.08. The number of hydrogen-bond acceptors (Lipinski definition) is 2. The van der Waals surface area contributed by atoms with Gasteiger partial charge in [-0.25, -0.2) is 0 Å². The van der Waals surface area contributed by atoms with Gasteiger partial charge in [0.05, 0.1) is 5.92 Å². The van der Waals surface area contributed by atoms with Gasteiger partial charge in [-0.3, -0.25) is 4.79 Å². The summed E-state index contributed by atoms with van der Waals surface area (Å²) in [6, 6.07) is 5.49. The molecule has 0 bridgehead atoms. The largest absolute Gasteiger partial charge is 0.481 e. The molecule has 1 aromatic carbocycles. The van der Waals surface area contributed by atoms with Crippen LogP contribution in [0.1, 0.15) is 18.4 Å². The minimum absolute atomic E-state index is 0.470. The molecule has 1 atom stereocenters. The number of rotatable bonds is 2. The van der Waals surface area contributed by atoms with Crippen molar-refractivity contribution in [2.75, 3.05) is 0 Å². The van der Waals surface area contributed by atoms with Crippen molar-refractivity contribution in [2.45, 2.75) is 17.7 Å². The number of carboxylic acids is 1. The summed E-state index contributed by atoms with van der Waals surface area (Å²) in [6.45, 7) is 1.66. The Morgan fingerprint density at radius 3 is 2.69 bits per heavy atom. The van der Waals surface area contributed by atoms with Crippen LogP contribution >= 0.6 is 35.2 Å². The quantitative estimate of drug-likeness (QED) is 0.651. The first kappa shape index (κ1) is 10.8. The molecule has 70 valence electrons. The van der Waals surface area contributed by atoms with E-state index in [2.05, 4.69) is 35.2 Å². The number of carbonyl (C=O) groups is 1. The van der Waals surface area contributed by atoms with Crippen LogP contribution in [0.25, 0.3) is 0 Å².